The van der Waals surface area contributed by atoms with E-state index < -0.39 is 5.60 Å². The largest absolute Gasteiger partial charge is 0.496 e. The lowest BCUT2D eigenvalue weighted by atomic mass is 9.87. The summed E-state index contributed by atoms with van der Waals surface area (Å²) >= 11 is 2.24. The van der Waals surface area contributed by atoms with Crippen molar-refractivity contribution in [3.63, 3.8) is 0 Å². The monoisotopic (exact) mass is 384 g/mol. The van der Waals surface area contributed by atoms with E-state index in [1.54, 1.807) is 21.1 Å². The van der Waals surface area contributed by atoms with Crippen molar-refractivity contribution in [2.75, 3.05) is 14.2 Å². The molecule has 0 radical (unpaired) electrons. The highest BCUT2D eigenvalue weighted by molar-refractivity contribution is 14.1. The molecule has 0 fully saturated rings. The summed E-state index contributed by atoms with van der Waals surface area (Å²) in [4.78, 5) is 0. The van der Waals surface area contributed by atoms with Crippen molar-refractivity contribution < 1.29 is 14.6 Å². The Balaban J connectivity index is 2.61. The van der Waals surface area contributed by atoms with Crippen LogP contribution >= 0.6 is 22.6 Å². The molecule has 0 aliphatic carbocycles. The highest BCUT2D eigenvalue weighted by Gasteiger charge is 2.32. The van der Waals surface area contributed by atoms with Crippen molar-refractivity contribution in [2.24, 2.45) is 0 Å². The van der Waals surface area contributed by atoms with E-state index in [4.69, 9.17) is 9.47 Å². The van der Waals surface area contributed by atoms with Gasteiger partial charge in [0.05, 0.1) is 19.8 Å². The van der Waals surface area contributed by atoms with Crippen LogP contribution < -0.4 is 9.47 Å². The van der Waals surface area contributed by atoms with Gasteiger partial charge in [0.25, 0.3) is 0 Å². The molecule has 0 saturated heterocycles. The minimum atomic E-state index is -1.19. The maximum Gasteiger partial charge on any atom is 0.129 e. The predicted molar refractivity (Wildman–Crippen MR) is 87.4 cm³/mol. The Hall–Kier alpha value is -1.27. The molecule has 20 heavy (non-hydrogen) atoms. The van der Waals surface area contributed by atoms with Crippen molar-refractivity contribution >= 4 is 22.6 Å². The van der Waals surface area contributed by atoms with E-state index in [1.165, 1.54) is 0 Å². The Morgan fingerprint density at radius 3 is 1.90 bits per heavy atom. The molecular weight excluding hydrogens is 367 g/mol. The van der Waals surface area contributed by atoms with Crippen LogP contribution in [-0.4, -0.2) is 19.3 Å². The lowest BCUT2D eigenvalue weighted by Crippen LogP contribution is -2.24. The Morgan fingerprint density at radius 1 is 0.950 bits per heavy atom. The zero-order valence-electron chi connectivity index (χ0n) is 11.7. The summed E-state index contributed by atoms with van der Waals surface area (Å²) in [7, 11) is 3.17. The molecule has 1 atom stereocenters. The van der Waals surface area contributed by atoms with Gasteiger partial charge in [-0.2, -0.15) is 0 Å². The SMILES string of the molecule is COc1cccc(OC)c1C(C)(O)c1ccc(I)cc1. The summed E-state index contributed by atoms with van der Waals surface area (Å²) < 4.78 is 11.9. The molecule has 106 valence electrons. The van der Waals surface area contributed by atoms with Gasteiger partial charge in [0, 0.05) is 3.57 Å². The third-order valence-electron chi connectivity index (χ3n) is 3.32. The quantitative estimate of drug-likeness (QED) is 0.820. The molecule has 0 saturated carbocycles. The minimum Gasteiger partial charge on any atom is -0.496 e. The second kappa shape index (κ2) is 6.01. The summed E-state index contributed by atoms with van der Waals surface area (Å²) in [5.41, 5.74) is 0.231. The molecule has 0 aromatic heterocycles. The van der Waals surface area contributed by atoms with Crippen LogP contribution in [0.25, 0.3) is 0 Å². The Kier molecular flexibility index (Phi) is 4.55. The van der Waals surface area contributed by atoms with E-state index >= 15 is 0 Å². The van der Waals surface area contributed by atoms with Crippen LogP contribution in [0.4, 0.5) is 0 Å². The summed E-state index contributed by atoms with van der Waals surface area (Å²) in [5.74, 6) is 1.21. The molecule has 0 bridgehead atoms. The van der Waals surface area contributed by atoms with Crippen LogP contribution in [0.1, 0.15) is 18.1 Å². The highest BCUT2D eigenvalue weighted by Crippen LogP contribution is 2.41. The molecule has 0 aliphatic heterocycles. The van der Waals surface area contributed by atoms with Crippen molar-refractivity contribution in [1.82, 2.24) is 0 Å². The number of aliphatic hydroxyl groups is 1. The van der Waals surface area contributed by atoms with E-state index in [0.717, 1.165) is 9.13 Å². The van der Waals surface area contributed by atoms with Crippen LogP contribution in [0.15, 0.2) is 42.5 Å². The molecular formula is C16H17IO3. The van der Waals surface area contributed by atoms with Gasteiger partial charge in [-0.05, 0) is 59.3 Å². The number of benzene rings is 2. The Morgan fingerprint density at radius 2 is 1.45 bits per heavy atom. The zero-order chi connectivity index (χ0) is 14.8. The van der Waals surface area contributed by atoms with Crippen LogP contribution in [0.3, 0.4) is 0 Å². The predicted octanol–water partition coefficient (Wildman–Crippen LogP) is 3.56. The van der Waals surface area contributed by atoms with Gasteiger partial charge in [-0.1, -0.05) is 18.2 Å². The topological polar surface area (TPSA) is 38.7 Å². The second-order valence-electron chi connectivity index (χ2n) is 4.62. The van der Waals surface area contributed by atoms with E-state index in [9.17, 15) is 5.11 Å². The lowest BCUT2D eigenvalue weighted by Gasteiger charge is -2.28. The third kappa shape index (κ3) is 2.76. The van der Waals surface area contributed by atoms with Crippen molar-refractivity contribution in [3.8, 4) is 11.5 Å². The number of methoxy groups -OCH3 is 2. The molecule has 2 rings (SSSR count). The van der Waals surface area contributed by atoms with Crippen LogP contribution in [0, 0.1) is 3.57 Å². The molecule has 4 heteroatoms. The second-order valence-corrected chi connectivity index (χ2v) is 5.86. The van der Waals surface area contributed by atoms with E-state index in [1.807, 2.05) is 42.5 Å². The van der Waals surface area contributed by atoms with Crippen molar-refractivity contribution in [2.45, 2.75) is 12.5 Å². The molecule has 3 nitrogen and oxygen atoms in total. The molecule has 1 unspecified atom stereocenters. The fraction of sp³-hybridized carbons (Fsp3) is 0.250. The average Bonchev–Trinajstić information content (AvgIpc) is 2.46. The lowest BCUT2D eigenvalue weighted by molar-refractivity contribution is 0.0955. The zero-order valence-corrected chi connectivity index (χ0v) is 13.8. The van der Waals surface area contributed by atoms with Gasteiger partial charge >= 0.3 is 0 Å². The number of hydrogen-bond acceptors (Lipinski definition) is 3. The number of hydrogen-bond donors (Lipinski definition) is 1. The van der Waals surface area contributed by atoms with Gasteiger partial charge in [0.15, 0.2) is 0 Å². The molecule has 1 N–H and O–H groups in total. The van der Waals surface area contributed by atoms with Crippen molar-refractivity contribution in [3.05, 3.63) is 57.2 Å². The first-order valence-corrected chi connectivity index (χ1v) is 7.28. The molecule has 2 aromatic carbocycles. The minimum absolute atomic E-state index is 0.605. The van der Waals surface area contributed by atoms with Crippen molar-refractivity contribution in [1.29, 1.82) is 0 Å². The molecule has 0 heterocycles. The van der Waals surface area contributed by atoms with Crippen LogP contribution in [0.5, 0.6) is 11.5 Å². The summed E-state index contributed by atoms with van der Waals surface area (Å²) in [5, 5.41) is 11.0. The number of ether oxygens (including phenoxy) is 2. The van der Waals surface area contributed by atoms with Crippen LogP contribution in [-0.2, 0) is 5.60 Å². The average molecular weight is 384 g/mol. The number of halogens is 1. The molecule has 2 aromatic rings. The smallest absolute Gasteiger partial charge is 0.129 e. The summed E-state index contributed by atoms with van der Waals surface area (Å²) in [6.45, 7) is 1.75. The van der Waals surface area contributed by atoms with Gasteiger partial charge in [-0.3, -0.25) is 0 Å². The highest BCUT2D eigenvalue weighted by atomic mass is 127. The molecule has 0 spiro atoms. The summed E-state index contributed by atoms with van der Waals surface area (Å²) in [6.07, 6.45) is 0. The summed E-state index contributed by atoms with van der Waals surface area (Å²) in [6, 6.07) is 13.2. The Labute approximate surface area is 132 Å². The first-order chi connectivity index (χ1) is 9.50. The maximum absolute atomic E-state index is 11.0. The molecule has 0 amide bonds. The fourth-order valence-electron chi connectivity index (χ4n) is 2.25. The van der Waals surface area contributed by atoms with E-state index in [-0.39, 0.29) is 0 Å². The van der Waals surface area contributed by atoms with E-state index in [0.29, 0.717) is 17.1 Å². The van der Waals surface area contributed by atoms with Crippen LogP contribution in [0.2, 0.25) is 0 Å². The van der Waals surface area contributed by atoms with Gasteiger partial charge in [0.2, 0.25) is 0 Å². The van der Waals surface area contributed by atoms with Gasteiger partial charge < -0.3 is 14.6 Å². The molecule has 0 aliphatic rings. The first kappa shape index (κ1) is 15.1. The first-order valence-electron chi connectivity index (χ1n) is 6.20. The maximum atomic E-state index is 11.0. The third-order valence-corrected chi connectivity index (χ3v) is 4.04. The Bertz CT molecular complexity index is 569. The van der Waals surface area contributed by atoms with E-state index in [2.05, 4.69) is 22.6 Å². The number of rotatable bonds is 4. The van der Waals surface area contributed by atoms with Gasteiger partial charge in [-0.25, -0.2) is 0 Å². The van der Waals surface area contributed by atoms with Gasteiger partial charge in [-0.15, -0.1) is 0 Å². The van der Waals surface area contributed by atoms with Gasteiger partial charge in [0.1, 0.15) is 17.1 Å². The fourth-order valence-corrected chi connectivity index (χ4v) is 2.61. The normalized spacial score (nSPS) is 13.7. The standard InChI is InChI=1S/C16H17IO3/c1-16(18,11-7-9-12(17)10-8-11)15-13(19-2)5-4-6-14(15)20-3/h4-10,18H,1-3H3.